The Balaban J connectivity index is 2.79. The van der Waals surface area contributed by atoms with Crippen molar-refractivity contribution in [3.63, 3.8) is 0 Å². The van der Waals surface area contributed by atoms with Gasteiger partial charge < -0.3 is 0 Å². The van der Waals surface area contributed by atoms with Crippen molar-refractivity contribution in [2.24, 2.45) is 0 Å². The molecule has 0 aliphatic heterocycles. The highest BCUT2D eigenvalue weighted by Crippen LogP contribution is 2.36. The highest BCUT2D eigenvalue weighted by Gasteiger charge is 2.07. The monoisotopic (exact) mass is 366 g/mol. The molecule has 0 atom stereocenters. The van der Waals surface area contributed by atoms with Gasteiger partial charge in [0.2, 0.25) is 0 Å². The normalized spacial score (nSPS) is 10.6. The standard InChI is InChI=1S/C9H4BrIOS/c10-8-6-2-1-5(4-12)3-7(6)13-9(8)11/h1-4H. The predicted octanol–water partition coefficient (Wildman–Crippen LogP) is 4.08. The first kappa shape index (κ1) is 9.61. The number of rotatable bonds is 1. The Bertz CT molecular complexity index is 478. The maximum absolute atomic E-state index is 10.5. The van der Waals surface area contributed by atoms with Crippen molar-refractivity contribution in [2.45, 2.75) is 0 Å². The molecule has 0 radical (unpaired) electrons. The van der Waals surface area contributed by atoms with Crippen LogP contribution in [0.4, 0.5) is 0 Å². The molecule has 13 heavy (non-hydrogen) atoms. The van der Waals surface area contributed by atoms with Crippen molar-refractivity contribution >= 4 is 66.2 Å². The van der Waals surface area contributed by atoms with Crippen LogP contribution < -0.4 is 0 Å². The average Bonchev–Trinajstić information content (AvgIpc) is 2.42. The second-order valence-corrected chi connectivity index (χ2v) is 6.22. The lowest BCUT2D eigenvalue weighted by molar-refractivity contribution is 0.112. The van der Waals surface area contributed by atoms with Crippen LogP contribution >= 0.6 is 49.9 Å². The molecule has 0 saturated heterocycles. The van der Waals surface area contributed by atoms with E-state index in [1.54, 1.807) is 11.3 Å². The number of fused-ring (bicyclic) bond motifs is 1. The van der Waals surface area contributed by atoms with Crippen LogP contribution in [0, 0.1) is 2.88 Å². The molecular formula is C9H4BrIOS. The molecule has 1 heterocycles. The summed E-state index contributed by atoms with van der Waals surface area (Å²) >= 11 is 7.49. The first-order chi connectivity index (χ1) is 6.22. The minimum Gasteiger partial charge on any atom is -0.298 e. The smallest absolute Gasteiger partial charge is 0.150 e. The van der Waals surface area contributed by atoms with Crippen LogP contribution in [0.25, 0.3) is 10.1 Å². The van der Waals surface area contributed by atoms with Gasteiger partial charge in [-0.2, -0.15) is 0 Å². The van der Waals surface area contributed by atoms with Gasteiger partial charge in [-0.1, -0.05) is 12.1 Å². The maximum Gasteiger partial charge on any atom is 0.150 e. The van der Waals surface area contributed by atoms with E-state index >= 15 is 0 Å². The van der Waals surface area contributed by atoms with Gasteiger partial charge in [0.15, 0.2) is 0 Å². The Hall–Kier alpha value is 0.0600. The Morgan fingerprint density at radius 2 is 2.23 bits per heavy atom. The van der Waals surface area contributed by atoms with Crippen molar-refractivity contribution in [1.29, 1.82) is 0 Å². The SMILES string of the molecule is O=Cc1ccc2c(Br)c(I)sc2c1. The highest BCUT2D eigenvalue weighted by molar-refractivity contribution is 14.1. The molecule has 0 unspecified atom stereocenters. The Labute approximate surface area is 101 Å². The third-order valence-electron chi connectivity index (χ3n) is 1.75. The molecule has 0 bridgehead atoms. The fourth-order valence-electron chi connectivity index (χ4n) is 1.13. The molecule has 0 aliphatic rings. The zero-order chi connectivity index (χ0) is 9.42. The minimum absolute atomic E-state index is 0.734. The second kappa shape index (κ2) is 3.67. The summed E-state index contributed by atoms with van der Waals surface area (Å²) in [6.45, 7) is 0. The van der Waals surface area contributed by atoms with E-state index < -0.39 is 0 Å². The average molecular weight is 367 g/mol. The summed E-state index contributed by atoms with van der Waals surface area (Å²) < 4.78 is 3.50. The van der Waals surface area contributed by atoms with E-state index in [1.165, 1.54) is 8.27 Å². The van der Waals surface area contributed by atoms with E-state index in [1.807, 2.05) is 18.2 Å². The summed E-state index contributed by atoms with van der Waals surface area (Å²) in [6.07, 6.45) is 0.875. The van der Waals surface area contributed by atoms with Crippen LogP contribution in [-0.2, 0) is 0 Å². The molecule has 0 saturated carbocycles. The predicted molar refractivity (Wildman–Crippen MR) is 67.6 cm³/mol. The fraction of sp³-hybridized carbons (Fsp3) is 0. The van der Waals surface area contributed by atoms with Gasteiger partial charge in [0, 0.05) is 20.1 Å². The molecule has 0 amide bonds. The van der Waals surface area contributed by atoms with E-state index in [2.05, 4.69) is 38.5 Å². The second-order valence-electron chi connectivity index (χ2n) is 2.56. The molecule has 2 aromatic rings. The number of hydrogen-bond donors (Lipinski definition) is 0. The molecule has 0 N–H and O–H groups in total. The Morgan fingerprint density at radius 1 is 1.46 bits per heavy atom. The van der Waals surface area contributed by atoms with Gasteiger partial charge in [-0.25, -0.2) is 0 Å². The quantitative estimate of drug-likeness (QED) is 0.549. The maximum atomic E-state index is 10.5. The van der Waals surface area contributed by atoms with Gasteiger partial charge in [0.1, 0.15) is 6.29 Å². The minimum atomic E-state index is 0.734. The number of benzene rings is 1. The molecule has 1 nitrogen and oxygen atoms in total. The number of thiophene rings is 1. The van der Waals surface area contributed by atoms with Gasteiger partial charge in [0.05, 0.1) is 2.88 Å². The third kappa shape index (κ3) is 1.67. The first-order valence-corrected chi connectivity index (χ1v) is 6.24. The van der Waals surface area contributed by atoms with E-state index in [4.69, 9.17) is 0 Å². The van der Waals surface area contributed by atoms with E-state index in [0.29, 0.717) is 0 Å². The lowest BCUT2D eigenvalue weighted by atomic mass is 10.2. The van der Waals surface area contributed by atoms with Crippen LogP contribution in [0.5, 0.6) is 0 Å². The van der Waals surface area contributed by atoms with Gasteiger partial charge >= 0.3 is 0 Å². The summed E-state index contributed by atoms with van der Waals surface area (Å²) in [5, 5.41) is 1.18. The van der Waals surface area contributed by atoms with Crippen molar-refractivity contribution in [1.82, 2.24) is 0 Å². The summed E-state index contributed by atoms with van der Waals surface area (Å²) in [5.74, 6) is 0. The van der Waals surface area contributed by atoms with Gasteiger partial charge in [0.25, 0.3) is 0 Å². The zero-order valence-corrected chi connectivity index (χ0v) is 10.9. The van der Waals surface area contributed by atoms with Crippen molar-refractivity contribution in [3.8, 4) is 0 Å². The first-order valence-electron chi connectivity index (χ1n) is 3.55. The molecule has 4 heteroatoms. The Kier molecular flexibility index (Phi) is 2.71. The molecule has 0 fully saturated rings. The van der Waals surface area contributed by atoms with Gasteiger partial charge in [-0.05, 0) is 44.6 Å². The van der Waals surface area contributed by atoms with Crippen molar-refractivity contribution < 1.29 is 4.79 Å². The summed E-state index contributed by atoms with van der Waals surface area (Å²) in [5.41, 5.74) is 0.734. The van der Waals surface area contributed by atoms with Crippen LogP contribution in [0.3, 0.4) is 0 Å². The van der Waals surface area contributed by atoms with Crippen molar-refractivity contribution in [3.05, 3.63) is 31.1 Å². The van der Waals surface area contributed by atoms with Gasteiger partial charge in [-0.3, -0.25) is 4.79 Å². The van der Waals surface area contributed by atoms with E-state index in [0.717, 1.165) is 21.0 Å². The topological polar surface area (TPSA) is 17.1 Å². The molecule has 1 aromatic carbocycles. The number of halogens is 2. The van der Waals surface area contributed by atoms with Crippen LogP contribution in [0.15, 0.2) is 22.7 Å². The van der Waals surface area contributed by atoms with Crippen molar-refractivity contribution in [2.75, 3.05) is 0 Å². The molecule has 66 valence electrons. The molecule has 2 rings (SSSR count). The van der Waals surface area contributed by atoms with E-state index in [-0.39, 0.29) is 0 Å². The van der Waals surface area contributed by atoms with E-state index in [9.17, 15) is 4.79 Å². The number of carbonyl (C=O) groups excluding carboxylic acids is 1. The van der Waals surface area contributed by atoms with Crippen LogP contribution in [0.2, 0.25) is 0 Å². The highest BCUT2D eigenvalue weighted by atomic mass is 127. The number of hydrogen-bond acceptors (Lipinski definition) is 2. The lowest BCUT2D eigenvalue weighted by Gasteiger charge is -1.91. The van der Waals surface area contributed by atoms with Crippen LogP contribution in [0.1, 0.15) is 10.4 Å². The fourth-order valence-corrected chi connectivity index (χ4v) is 3.71. The number of aldehydes is 1. The largest absolute Gasteiger partial charge is 0.298 e. The zero-order valence-electron chi connectivity index (χ0n) is 6.38. The molecule has 0 spiro atoms. The number of carbonyl (C=O) groups is 1. The molecule has 1 aromatic heterocycles. The van der Waals surface area contributed by atoms with Gasteiger partial charge in [-0.15, -0.1) is 11.3 Å². The lowest BCUT2D eigenvalue weighted by Crippen LogP contribution is -1.76. The Morgan fingerprint density at radius 3 is 2.92 bits per heavy atom. The van der Waals surface area contributed by atoms with Crippen LogP contribution in [-0.4, -0.2) is 6.29 Å². The summed E-state index contributed by atoms with van der Waals surface area (Å²) in [6, 6.07) is 5.73. The summed E-state index contributed by atoms with van der Waals surface area (Å²) in [4.78, 5) is 10.5. The molecule has 0 aliphatic carbocycles. The third-order valence-corrected chi connectivity index (χ3v) is 5.72. The molecular weight excluding hydrogens is 363 g/mol. The summed E-state index contributed by atoms with van der Waals surface area (Å²) in [7, 11) is 0.